The van der Waals surface area contributed by atoms with Crippen LogP contribution >= 0.6 is 23.5 Å². The van der Waals surface area contributed by atoms with Gasteiger partial charge in [0.15, 0.2) is 0 Å². The van der Waals surface area contributed by atoms with Gasteiger partial charge in [0.25, 0.3) is 0 Å². The van der Waals surface area contributed by atoms with Crippen LogP contribution in [0.3, 0.4) is 0 Å². The summed E-state index contributed by atoms with van der Waals surface area (Å²) < 4.78 is 5.67. The van der Waals surface area contributed by atoms with E-state index in [1.54, 1.807) is 12.0 Å². The van der Waals surface area contributed by atoms with Gasteiger partial charge in [0, 0.05) is 30.3 Å². The first-order valence-corrected chi connectivity index (χ1v) is 11.3. The predicted octanol–water partition coefficient (Wildman–Crippen LogP) is 3.70. The molecule has 28 heavy (non-hydrogen) atoms. The van der Waals surface area contributed by atoms with Crippen molar-refractivity contribution in [2.24, 2.45) is 0 Å². The van der Waals surface area contributed by atoms with Gasteiger partial charge in [-0.2, -0.15) is 0 Å². The molecule has 1 N–H and O–H groups in total. The lowest BCUT2D eigenvalue weighted by atomic mass is 9.99. The summed E-state index contributed by atoms with van der Waals surface area (Å²) in [6, 6.07) is 13.7. The molecule has 4 rings (SSSR count). The van der Waals surface area contributed by atoms with Crippen molar-refractivity contribution < 1.29 is 14.3 Å². The van der Waals surface area contributed by atoms with Crippen LogP contribution in [0, 0.1) is 0 Å². The highest BCUT2D eigenvalue weighted by Gasteiger charge is 2.26. The van der Waals surface area contributed by atoms with E-state index in [9.17, 15) is 9.59 Å². The van der Waals surface area contributed by atoms with Crippen molar-refractivity contribution >= 4 is 41.0 Å². The second-order valence-corrected chi connectivity index (χ2v) is 9.49. The minimum atomic E-state index is -0.588. The summed E-state index contributed by atoms with van der Waals surface area (Å²) in [6.07, 6.45) is 0.740. The van der Waals surface area contributed by atoms with Crippen LogP contribution in [0.25, 0.3) is 0 Å². The molecular formula is C21H22N2O3S2. The average Bonchev–Trinajstić information content (AvgIpc) is 3.27. The first-order valence-electron chi connectivity index (χ1n) is 9.23. The summed E-state index contributed by atoms with van der Waals surface area (Å²) >= 11 is 3.83. The first kappa shape index (κ1) is 19.2. The van der Waals surface area contributed by atoms with E-state index >= 15 is 0 Å². The van der Waals surface area contributed by atoms with Gasteiger partial charge in [-0.1, -0.05) is 18.2 Å². The summed E-state index contributed by atoms with van der Waals surface area (Å²) in [6.45, 7) is 0.967. The Bertz CT molecular complexity index is 897. The van der Waals surface area contributed by atoms with Crippen molar-refractivity contribution in [3.63, 3.8) is 0 Å². The van der Waals surface area contributed by atoms with Gasteiger partial charge < -0.3 is 15.0 Å². The number of carbonyl (C=O) groups is 2. The fourth-order valence-corrected chi connectivity index (χ4v) is 6.31. The minimum Gasteiger partial charge on any atom is -0.497 e. The number of fused-ring (bicyclic) bond motifs is 1. The molecule has 1 fully saturated rings. The Hall–Kier alpha value is -2.12. The first-order chi connectivity index (χ1) is 13.6. The van der Waals surface area contributed by atoms with E-state index < -0.39 is 11.8 Å². The van der Waals surface area contributed by atoms with Crippen LogP contribution < -0.4 is 10.1 Å². The Labute approximate surface area is 173 Å². The molecular weight excluding hydrogens is 392 g/mol. The van der Waals surface area contributed by atoms with Crippen molar-refractivity contribution in [2.45, 2.75) is 17.5 Å². The average molecular weight is 415 g/mol. The predicted molar refractivity (Wildman–Crippen MR) is 115 cm³/mol. The number of rotatable bonds is 3. The smallest absolute Gasteiger partial charge is 0.313 e. The third-order valence-electron chi connectivity index (χ3n) is 4.95. The number of amides is 2. The molecule has 0 bridgehead atoms. The largest absolute Gasteiger partial charge is 0.497 e. The molecule has 146 valence electrons. The molecule has 0 radical (unpaired) electrons. The number of anilines is 1. The lowest BCUT2D eigenvalue weighted by Gasteiger charge is -2.28. The van der Waals surface area contributed by atoms with Crippen LogP contribution in [0.2, 0.25) is 0 Å². The van der Waals surface area contributed by atoms with Gasteiger partial charge in [0.2, 0.25) is 0 Å². The molecule has 0 atom stereocenters. The maximum absolute atomic E-state index is 12.7. The van der Waals surface area contributed by atoms with Crippen molar-refractivity contribution in [3.8, 4) is 5.75 Å². The fraction of sp³-hybridized carbons (Fsp3) is 0.333. The summed E-state index contributed by atoms with van der Waals surface area (Å²) in [5, 5.41) is 2.78. The lowest BCUT2D eigenvalue weighted by molar-refractivity contribution is -0.143. The number of hydrogen-bond donors (Lipinski definition) is 1. The van der Waals surface area contributed by atoms with Gasteiger partial charge in [-0.05, 0) is 47.4 Å². The number of benzene rings is 2. The SMILES string of the molecule is COc1ccc2c(c1)CN(C(=O)C(=O)Nc1cccc(C3SCCS3)c1)CC2. The van der Waals surface area contributed by atoms with Crippen molar-refractivity contribution in [1.29, 1.82) is 0 Å². The lowest BCUT2D eigenvalue weighted by Crippen LogP contribution is -2.42. The number of methoxy groups -OCH3 is 1. The van der Waals surface area contributed by atoms with E-state index in [1.165, 1.54) is 11.1 Å². The van der Waals surface area contributed by atoms with Crippen LogP contribution in [0.4, 0.5) is 5.69 Å². The number of hydrogen-bond acceptors (Lipinski definition) is 5. The van der Waals surface area contributed by atoms with E-state index in [1.807, 2.05) is 59.9 Å². The molecule has 0 aliphatic carbocycles. The third kappa shape index (κ3) is 4.15. The van der Waals surface area contributed by atoms with Crippen LogP contribution in [0.1, 0.15) is 21.3 Å². The van der Waals surface area contributed by atoms with Gasteiger partial charge >= 0.3 is 11.8 Å². The second-order valence-electron chi connectivity index (χ2n) is 6.76. The third-order valence-corrected chi connectivity index (χ3v) is 8.05. The Balaban J connectivity index is 1.42. The molecule has 1 saturated heterocycles. The number of ether oxygens (including phenoxy) is 1. The van der Waals surface area contributed by atoms with Gasteiger partial charge in [-0.15, -0.1) is 23.5 Å². The van der Waals surface area contributed by atoms with Gasteiger partial charge in [0.1, 0.15) is 5.75 Å². The standard InChI is InChI=1S/C21H22N2O3S2/c1-26-18-6-5-14-7-8-23(13-16(14)12-18)20(25)19(24)22-17-4-2-3-15(11-17)21-27-9-10-28-21/h2-6,11-12,21H,7-10,13H2,1H3,(H,22,24). The summed E-state index contributed by atoms with van der Waals surface area (Å²) in [5.74, 6) is 1.97. The molecule has 0 spiro atoms. The zero-order chi connectivity index (χ0) is 19.5. The van der Waals surface area contributed by atoms with Gasteiger partial charge in [0.05, 0.1) is 11.7 Å². The maximum Gasteiger partial charge on any atom is 0.313 e. The zero-order valence-electron chi connectivity index (χ0n) is 15.6. The quantitative estimate of drug-likeness (QED) is 0.776. The van der Waals surface area contributed by atoms with Crippen molar-refractivity contribution in [3.05, 3.63) is 59.2 Å². The highest BCUT2D eigenvalue weighted by atomic mass is 32.2. The Kier molecular flexibility index (Phi) is 5.82. The van der Waals surface area contributed by atoms with E-state index in [0.717, 1.165) is 29.2 Å². The molecule has 5 nitrogen and oxygen atoms in total. The number of nitrogens with zero attached hydrogens (tertiary/aromatic N) is 1. The van der Waals surface area contributed by atoms with Crippen molar-refractivity contribution in [2.75, 3.05) is 30.5 Å². The topological polar surface area (TPSA) is 58.6 Å². The van der Waals surface area contributed by atoms with Crippen LogP contribution in [0.5, 0.6) is 5.75 Å². The minimum absolute atomic E-state index is 0.404. The zero-order valence-corrected chi connectivity index (χ0v) is 17.3. The normalized spacial score (nSPS) is 16.5. The second kappa shape index (κ2) is 8.49. The molecule has 2 heterocycles. The molecule has 0 unspecified atom stereocenters. The summed E-state index contributed by atoms with van der Waals surface area (Å²) in [7, 11) is 1.62. The molecule has 0 saturated carbocycles. The van der Waals surface area contributed by atoms with Crippen molar-refractivity contribution in [1.82, 2.24) is 4.90 Å². The van der Waals surface area contributed by atoms with E-state index in [2.05, 4.69) is 11.4 Å². The molecule has 2 aliphatic heterocycles. The van der Waals surface area contributed by atoms with Crippen LogP contribution in [0.15, 0.2) is 42.5 Å². The summed E-state index contributed by atoms with van der Waals surface area (Å²) in [5.41, 5.74) is 4.08. The van der Waals surface area contributed by atoms with Crippen LogP contribution in [-0.4, -0.2) is 41.9 Å². The van der Waals surface area contributed by atoms with Crippen LogP contribution in [-0.2, 0) is 22.6 Å². The Morgan fingerprint density at radius 3 is 2.71 bits per heavy atom. The highest BCUT2D eigenvalue weighted by molar-refractivity contribution is 8.19. The molecule has 2 aromatic carbocycles. The molecule has 2 amide bonds. The van der Waals surface area contributed by atoms with Gasteiger partial charge in [-0.3, -0.25) is 9.59 Å². The highest BCUT2D eigenvalue weighted by Crippen LogP contribution is 2.45. The van der Waals surface area contributed by atoms with Gasteiger partial charge in [-0.25, -0.2) is 0 Å². The molecule has 2 aliphatic rings. The molecule has 7 heteroatoms. The summed E-state index contributed by atoms with van der Waals surface area (Å²) in [4.78, 5) is 26.8. The van der Waals surface area contributed by atoms with E-state index in [4.69, 9.17) is 4.74 Å². The number of thioether (sulfide) groups is 2. The monoisotopic (exact) mass is 414 g/mol. The number of nitrogens with one attached hydrogen (secondary N) is 1. The number of carbonyl (C=O) groups excluding carboxylic acids is 2. The molecule has 2 aromatic rings. The Morgan fingerprint density at radius 1 is 1.11 bits per heavy atom. The Morgan fingerprint density at radius 2 is 1.93 bits per heavy atom. The maximum atomic E-state index is 12.7. The van der Waals surface area contributed by atoms with E-state index in [-0.39, 0.29) is 0 Å². The fourth-order valence-electron chi connectivity index (χ4n) is 3.48. The molecule has 0 aromatic heterocycles. The van der Waals surface area contributed by atoms with E-state index in [0.29, 0.717) is 23.4 Å².